The third-order valence-electron chi connectivity index (χ3n) is 4.60. The average Bonchev–Trinajstić information content (AvgIpc) is 3.37. The summed E-state index contributed by atoms with van der Waals surface area (Å²) in [5.41, 5.74) is 1.15. The summed E-state index contributed by atoms with van der Waals surface area (Å²) in [5.74, 6) is 1.16. The summed E-state index contributed by atoms with van der Waals surface area (Å²) in [7, 11) is 0. The number of oxazole rings is 1. The van der Waals surface area contributed by atoms with E-state index in [9.17, 15) is 4.79 Å². The van der Waals surface area contributed by atoms with Crippen molar-refractivity contribution in [3.8, 4) is 5.75 Å². The van der Waals surface area contributed by atoms with Crippen LogP contribution in [-0.2, 0) is 0 Å². The molecule has 4 heterocycles. The predicted molar refractivity (Wildman–Crippen MR) is 92.6 cm³/mol. The van der Waals surface area contributed by atoms with Gasteiger partial charge in [-0.15, -0.1) is 0 Å². The van der Waals surface area contributed by atoms with Crippen molar-refractivity contribution in [3.05, 3.63) is 73.0 Å². The van der Waals surface area contributed by atoms with E-state index in [0.29, 0.717) is 19.7 Å². The maximum atomic E-state index is 12.6. The van der Waals surface area contributed by atoms with E-state index in [1.165, 1.54) is 12.6 Å². The van der Waals surface area contributed by atoms with Crippen molar-refractivity contribution in [2.75, 3.05) is 19.7 Å². The maximum absolute atomic E-state index is 12.6. The van der Waals surface area contributed by atoms with Gasteiger partial charge in [0.2, 0.25) is 5.76 Å². The molecule has 0 aromatic carbocycles. The van der Waals surface area contributed by atoms with Crippen molar-refractivity contribution in [1.29, 1.82) is 0 Å². The smallest absolute Gasteiger partial charge is 0.291 e. The van der Waals surface area contributed by atoms with Crippen LogP contribution in [0.1, 0.15) is 22.0 Å². The lowest BCUT2D eigenvalue weighted by Crippen LogP contribution is -2.29. The summed E-state index contributed by atoms with van der Waals surface area (Å²) in [6, 6.07) is 7.69. The molecule has 26 heavy (non-hydrogen) atoms. The molecule has 1 aliphatic rings. The number of carbonyl (C=O) groups is 1. The molecule has 0 spiro atoms. The Morgan fingerprint density at radius 2 is 2.00 bits per heavy atom. The molecule has 7 nitrogen and oxygen atoms in total. The van der Waals surface area contributed by atoms with E-state index in [2.05, 4.69) is 15.0 Å². The zero-order valence-corrected chi connectivity index (χ0v) is 14.1. The van der Waals surface area contributed by atoms with Crippen LogP contribution in [0.25, 0.3) is 0 Å². The Bertz CT molecular complexity index is 840. The first kappa shape index (κ1) is 16.3. The lowest BCUT2D eigenvalue weighted by molar-refractivity contribution is 0.0751. The molecule has 4 rings (SSSR count). The Morgan fingerprint density at radius 3 is 2.73 bits per heavy atom. The van der Waals surface area contributed by atoms with Crippen LogP contribution in [0.3, 0.4) is 0 Å². The highest BCUT2D eigenvalue weighted by molar-refractivity contribution is 5.91. The minimum Gasteiger partial charge on any atom is -0.492 e. The molecule has 1 saturated heterocycles. The minimum atomic E-state index is -0.148. The van der Waals surface area contributed by atoms with Gasteiger partial charge in [-0.3, -0.25) is 14.8 Å². The van der Waals surface area contributed by atoms with Crippen LogP contribution in [0, 0.1) is 5.92 Å². The van der Waals surface area contributed by atoms with Gasteiger partial charge in [0.15, 0.2) is 6.39 Å². The number of pyridine rings is 2. The van der Waals surface area contributed by atoms with Gasteiger partial charge in [0.1, 0.15) is 5.75 Å². The van der Waals surface area contributed by atoms with Crippen LogP contribution < -0.4 is 4.74 Å². The van der Waals surface area contributed by atoms with Crippen molar-refractivity contribution >= 4 is 5.91 Å². The van der Waals surface area contributed by atoms with Gasteiger partial charge in [-0.25, -0.2) is 4.98 Å². The number of rotatable bonds is 5. The fourth-order valence-electron chi connectivity index (χ4n) is 3.31. The first-order chi connectivity index (χ1) is 12.8. The summed E-state index contributed by atoms with van der Waals surface area (Å²) < 4.78 is 11.1. The normalized spacial score (nSPS) is 19.5. The Hall–Kier alpha value is -3.22. The third-order valence-corrected chi connectivity index (χ3v) is 4.60. The molecule has 7 heteroatoms. The second-order valence-electron chi connectivity index (χ2n) is 6.22. The van der Waals surface area contributed by atoms with Crippen molar-refractivity contribution < 1.29 is 13.9 Å². The van der Waals surface area contributed by atoms with Crippen molar-refractivity contribution in [2.45, 2.75) is 5.92 Å². The topological polar surface area (TPSA) is 81.4 Å². The number of amides is 1. The number of ether oxygens (including phenoxy) is 1. The van der Waals surface area contributed by atoms with Gasteiger partial charge < -0.3 is 14.1 Å². The maximum Gasteiger partial charge on any atom is 0.291 e. The number of hydrogen-bond acceptors (Lipinski definition) is 6. The van der Waals surface area contributed by atoms with Gasteiger partial charge in [-0.05, 0) is 29.8 Å². The fraction of sp³-hybridized carbons (Fsp3) is 0.263. The number of likely N-dealkylation sites (tertiary alicyclic amines) is 1. The molecule has 0 bridgehead atoms. The van der Waals surface area contributed by atoms with E-state index in [1.807, 2.05) is 24.3 Å². The number of carbonyl (C=O) groups excluding carboxylic acids is 1. The molecule has 3 aromatic rings. The lowest BCUT2D eigenvalue weighted by Gasteiger charge is -2.18. The van der Waals surface area contributed by atoms with E-state index in [0.717, 1.165) is 11.3 Å². The average molecular weight is 350 g/mol. The van der Waals surface area contributed by atoms with Crippen molar-refractivity contribution in [3.63, 3.8) is 0 Å². The molecule has 1 fully saturated rings. The molecule has 0 radical (unpaired) electrons. The Labute approximate surface area is 150 Å². The van der Waals surface area contributed by atoms with Crippen LogP contribution in [0.4, 0.5) is 0 Å². The summed E-state index contributed by atoms with van der Waals surface area (Å²) >= 11 is 0. The fourth-order valence-corrected chi connectivity index (χ4v) is 3.31. The monoisotopic (exact) mass is 350 g/mol. The standard InChI is InChI=1S/C19H18N4O3/c24-19(18-9-22-13-26-18)23-10-15(12-25-16-2-1-5-21-8-16)17(11-23)14-3-6-20-7-4-14/h1-9,13,15,17H,10-12H2/t15-,17-/m0/s1. The number of hydrogen-bond donors (Lipinski definition) is 0. The van der Waals surface area contributed by atoms with E-state index >= 15 is 0 Å². The van der Waals surface area contributed by atoms with Gasteiger partial charge >= 0.3 is 0 Å². The van der Waals surface area contributed by atoms with Crippen LogP contribution in [-0.4, -0.2) is 45.5 Å². The molecule has 132 valence electrons. The Kier molecular flexibility index (Phi) is 4.59. The van der Waals surface area contributed by atoms with E-state index < -0.39 is 0 Å². The molecule has 0 aliphatic carbocycles. The summed E-state index contributed by atoms with van der Waals surface area (Å²) in [4.78, 5) is 26.4. The van der Waals surface area contributed by atoms with Gasteiger partial charge in [0.25, 0.3) is 5.91 Å². The number of aromatic nitrogens is 3. The first-order valence-corrected chi connectivity index (χ1v) is 8.42. The van der Waals surface area contributed by atoms with Gasteiger partial charge in [-0.1, -0.05) is 0 Å². The van der Waals surface area contributed by atoms with Gasteiger partial charge in [0, 0.05) is 43.5 Å². The van der Waals surface area contributed by atoms with Crippen LogP contribution >= 0.6 is 0 Å². The van der Waals surface area contributed by atoms with Gasteiger partial charge in [-0.2, -0.15) is 0 Å². The molecule has 1 amide bonds. The highest BCUT2D eigenvalue weighted by Crippen LogP contribution is 2.33. The van der Waals surface area contributed by atoms with Crippen LogP contribution in [0.15, 0.2) is 66.1 Å². The molecule has 0 N–H and O–H groups in total. The van der Waals surface area contributed by atoms with Crippen LogP contribution in [0.5, 0.6) is 5.75 Å². The SMILES string of the molecule is O=C(c1cnco1)N1C[C@@H](COc2cccnc2)[C@H](c2ccncc2)C1. The highest BCUT2D eigenvalue weighted by Gasteiger charge is 2.37. The third kappa shape index (κ3) is 3.42. The lowest BCUT2D eigenvalue weighted by atomic mass is 9.90. The summed E-state index contributed by atoms with van der Waals surface area (Å²) in [6.45, 7) is 1.69. The summed E-state index contributed by atoms with van der Waals surface area (Å²) in [6.07, 6.45) is 9.66. The summed E-state index contributed by atoms with van der Waals surface area (Å²) in [5, 5.41) is 0. The van der Waals surface area contributed by atoms with Crippen molar-refractivity contribution in [2.24, 2.45) is 5.92 Å². The first-order valence-electron chi connectivity index (χ1n) is 8.42. The largest absolute Gasteiger partial charge is 0.492 e. The molecule has 0 unspecified atom stereocenters. The van der Waals surface area contributed by atoms with E-state index in [1.54, 1.807) is 29.7 Å². The molecule has 2 atom stereocenters. The van der Waals surface area contributed by atoms with Crippen molar-refractivity contribution in [1.82, 2.24) is 19.9 Å². The second-order valence-corrected chi connectivity index (χ2v) is 6.22. The second kappa shape index (κ2) is 7.35. The molecular weight excluding hydrogens is 332 g/mol. The minimum absolute atomic E-state index is 0.148. The number of nitrogens with zero attached hydrogens (tertiary/aromatic N) is 4. The molecule has 3 aromatic heterocycles. The zero-order chi connectivity index (χ0) is 17.8. The zero-order valence-electron chi connectivity index (χ0n) is 14.1. The molecule has 0 saturated carbocycles. The quantitative estimate of drug-likeness (QED) is 0.703. The van der Waals surface area contributed by atoms with Crippen LogP contribution in [0.2, 0.25) is 0 Å². The highest BCUT2D eigenvalue weighted by atomic mass is 16.5. The molecule has 1 aliphatic heterocycles. The van der Waals surface area contributed by atoms with E-state index in [-0.39, 0.29) is 23.5 Å². The van der Waals surface area contributed by atoms with E-state index in [4.69, 9.17) is 9.15 Å². The molecular formula is C19H18N4O3. The predicted octanol–water partition coefficient (Wildman–Crippen LogP) is 2.40. The Morgan fingerprint density at radius 1 is 1.12 bits per heavy atom. The van der Waals surface area contributed by atoms with Gasteiger partial charge in [0.05, 0.1) is 19.0 Å². The Balaban J connectivity index is 1.52.